The molecule has 5 heteroatoms. The Hall–Kier alpha value is -1.24. The van der Waals surface area contributed by atoms with E-state index in [-0.39, 0.29) is 11.7 Å². The van der Waals surface area contributed by atoms with Gasteiger partial charge in [0.1, 0.15) is 11.7 Å². The highest BCUT2D eigenvalue weighted by Crippen LogP contribution is 2.32. The van der Waals surface area contributed by atoms with Crippen molar-refractivity contribution in [1.82, 2.24) is 0 Å². The molecule has 2 rings (SSSR count). The average molecular weight is 360 g/mol. The van der Waals surface area contributed by atoms with Crippen molar-refractivity contribution in [3.8, 4) is 11.5 Å². The van der Waals surface area contributed by atoms with Gasteiger partial charge in [0.2, 0.25) is 0 Å². The molecule has 0 aliphatic carbocycles. The van der Waals surface area contributed by atoms with Crippen LogP contribution in [-0.4, -0.2) is 17.6 Å². The number of hydrogen-bond donors (Lipinski definition) is 0. The van der Waals surface area contributed by atoms with Crippen LogP contribution in [0.4, 0.5) is 0 Å². The van der Waals surface area contributed by atoms with E-state index in [9.17, 15) is 4.79 Å². The predicted octanol–water partition coefficient (Wildman–Crippen LogP) is 3.00. The van der Waals surface area contributed by atoms with Gasteiger partial charge in [-0.2, -0.15) is 0 Å². The zero-order valence-electron chi connectivity index (χ0n) is 10.1. The Morgan fingerprint density at radius 3 is 2.78 bits per heavy atom. The first-order chi connectivity index (χ1) is 8.63. The van der Waals surface area contributed by atoms with E-state index >= 15 is 0 Å². The van der Waals surface area contributed by atoms with Crippen LogP contribution in [0.2, 0.25) is 0 Å². The first-order valence-electron chi connectivity index (χ1n) is 5.48. The first-order valence-corrected chi connectivity index (χ1v) is 7.01. The summed E-state index contributed by atoms with van der Waals surface area (Å²) in [7, 11) is 1.59. The molecule has 1 unspecified atom stereocenters. The predicted molar refractivity (Wildman–Crippen MR) is 78.0 cm³/mol. The smallest absolute Gasteiger partial charge is 0.336 e. The van der Waals surface area contributed by atoms with Crippen LogP contribution in [0.3, 0.4) is 0 Å². The van der Waals surface area contributed by atoms with Crippen LogP contribution in [0, 0.1) is 0 Å². The van der Waals surface area contributed by atoms with Crippen LogP contribution in [-0.2, 0) is 0 Å². The van der Waals surface area contributed by atoms with E-state index in [0.29, 0.717) is 17.1 Å². The van der Waals surface area contributed by atoms with Crippen LogP contribution in [0.25, 0.3) is 11.0 Å². The fourth-order valence-corrected chi connectivity index (χ4v) is 1.76. The zero-order valence-corrected chi connectivity index (χ0v) is 12.3. The quantitative estimate of drug-likeness (QED) is 0.478. The van der Waals surface area contributed by atoms with E-state index in [0.717, 1.165) is 9.81 Å². The lowest BCUT2D eigenvalue weighted by Gasteiger charge is -2.15. The monoisotopic (exact) mass is 360 g/mol. The molecule has 1 atom stereocenters. The van der Waals surface area contributed by atoms with Crippen molar-refractivity contribution in [1.29, 1.82) is 0 Å². The van der Waals surface area contributed by atoms with Gasteiger partial charge in [-0.1, -0.05) is 22.6 Å². The van der Waals surface area contributed by atoms with E-state index in [1.807, 2.05) is 6.92 Å². The lowest BCUT2D eigenvalue weighted by Crippen LogP contribution is -2.13. The minimum Gasteiger partial charge on any atom is -0.493 e. The Morgan fingerprint density at radius 2 is 2.11 bits per heavy atom. The van der Waals surface area contributed by atoms with Crippen molar-refractivity contribution < 1.29 is 13.9 Å². The summed E-state index contributed by atoms with van der Waals surface area (Å²) in [5.74, 6) is 1.22. The van der Waals surface area contributed by atoms with E-state index in [1.54, 1.807) is 25.3 Å². The molecule has 0 aliphatic heterocycles. The maximum absolute atomic E-state index is 11.2. The van der Waals surface area contributed by atoms with E-state index < -0.39 is 0 Å². The van der Waals surface area contributed by atoms with Crippen LogP contribution in [0.15, 0.2) is 33.5 Å². The molecule has 0 radical (unpaired) electrons. The fourth-order valence-electron chi connectivity index (χ4n) is 1.58. The Kier molecular flexibility index (Phi) is 4.11. The molecule has 1 aromatic heterocycles. The van der Waals surface area contributed by atoms with Gasteiger partial charge in [-0.05, 0) is 19.1 Å². The lowest BCUT2D eigenvalue weighted by atomic mass is 10.2. The third-order valence-corrected chi connectivity index (χ3v) is 3.69. The second-order valence-corrected chi connectivity index (χ2v) is 4.76. The van der Waals surface area contributed by atoms with E-state index in [2.05, 4.69) is 22.6 Å². The lowest BCUT2D eigenvalue weighted by molar-refractivity contribution is 0.237. The highest BCUT2D eigenvalue weighted by molar-refractivity contribution is 14.1. The summed E-state index contributed by atoms with van der Waals surface area (Å²) < 4.78 is 17.0. The Labute approximate surface area is 118 Å². The van der Waals surface area contributed by atoms with Crippen LogP contribution in [0.1, 0.15) is 6.92 Å². The number of ether oxygens (including phenoxy) is 2. The molecule has 0 fully saturated rings. The number of rotatable bonds is 4. The van der Waals surface area contributed by atoms with Gasteiger partial charge in [-0.3, -0.25) is 0 Å². The third kappa shape index (κ3) is 2.77. The van der Waals surface area contributed by atoms with Crippen molar-refractivity contribution in [3.05, 3.63) is 34.7 Å². The molecule has 0 amide bonds. The van der Waals surface area contributed by atoms with Gasteiger partial charge in [0, 0.05) is 21.9 Å². The molecule has 1 heterocycles. The zero-order chi connectivity index (χ0) is 13.1. The molecule has 0 aliphatic rings. The summed E-state index contributed by atoms with van der Waals surface area (Å²) in [4.78, 5) is 11.2. The summed E-state index contributed by atoms with van der Waals surface area (Å²) >= 11 is 2.25. The number of alkyl halides is 1. The van der Waals surface area contributed by atoms with E-state index in [1.165, 1.54) is 6.07 Å². The molecule has 0 saturated heterocycles. The van der Waals surface area contributed by atoms with Crippen LogP contribution >= 0.6 is 22.6 Å². The van der Waals surface area contributed by atoms with Crippen LogP contribution in [0.5, 0.6) is 11.5 Å². The topological polar surface area (TPSA) is 48.7 Å². The molecule has 1 aromatic carbocycles. The maximum atomic E-state index is 11.2. The average Bonchev–Trinajstić information content (AvgIpc) is 2.37. The van der Waals surface area contributed by atoms with Gasteiger partial charge in [-0.15, -0.1) is 0 Å². The minimum atomic E-state index is -0.374. The van der Waals surface area contributed by atoms with Gasteiger partial charge in [0.25, 0.3) is 0 Å². The highest BCUT2D eigenvalue weighted by Gasteiger charge is 2.11. The number of halogens is 1. The van der Waals surface area contributed by atoms with Crippen LogP contribution < -0.4 is 15.1 Å². The van der Waals surface area contributed by atoms with Gasteiger partial charge in [0.15, 0.2) is 11.5 Å². The Morgan fingerprint density at radius 1 is 1.33 bits per heavy atom. The Bertz CT molecular complexity index is 605. The van der Waals surface area contributed by atoms with Gasteiger partial charge in [0.05, 0.1) is 7.11 Å². The van der Waals surface area contributed by atoms with Crippen molar-refractivity contribution >= 4 is 33.6 Å². The van der Waals surface area contributed by atoms with Gasteiger partial charge < -0.3 is 13.9 Å². The minimum absolute atomic E-state index is 0.0624. The normalized spacial score (nSPS) is 12.4. The SMILES string of the molecule is COc1cc2ccc(=O)oc2cc1OC(C)CI. The van der Waals surface area contributed by atoms with Crippen molar-refractivity contribution in [3.63, 3.8) is 0 Å². The highest BCUT2D eigenvalue weighted by atomic mass is 127. The molecule has 0 spiro atoms. The molecule has 0 N–H and O–H groups in total. The molecule has 0 saturated carbocycles. The number of methoxy groups -OCH3 is 1. The Balaban J connectivity index is 2.52. The molecular weight excluding hydrogens is 347 g/mol. The summed E-state index contributed by atoms with van der Waals surface area (Å²) in [5, 5.41) is 0.806. The first kappa shape index (κ1) is 13.2. The second kappa shape index (κ2) is 5.60. The third-order valence-electron chi connectivity index (χ3n) is 2.45. The number of fused-ring (bicyclic) bond motifs is 1. The van der Waals surface area contributed by atoms with Crippen molar-refractivity contribution in [2.45, 2.75) is 13.0 Å². The molecule has 2 aromatic rings. The molecule has 4 nitrogen and oxygen atoms in total. The summed E-state index contributed by atoms with van der Waals surface area (Å²) in [6.07, 6.45) is 0.0624. The standard InChI is InChI=1S/C13H13IO4/c1-8(7-14)17-12-6-10-9(5-11(12)16-2)3-4-13(15)18-10/h3-6,8H,7H2,1-2H3. The van der Waals surface area contributed by atoms with E-state index in [4.69, 9.17) is 13.9 Å². The summed E-state index contributed by atoms with van der Waals surface area (Å²) in [5.41, 5.74) is 0.125. The number of benzene rings is 1. The van der Waals surface area contributed by atoms with Gasteiger partial charge >= 0.3 is 5.63 Å². The van der Waals surface area contributed by atoms with Crippen molar-refractivity contribution in [2.75, 3.05) is 11.5 Å². The maximum Gasteiger partial charge on any atom is 0.336 e. The molecule has 18 heavy (non-hydrogen) atoms. The summed E-state index contributed by atoms with van der Waals surface area (Å²) in [6.45, 7) is 1.97. The molecular formula is C13H13IO4. The molecule has 0 bridgehead atoms. The fraction of sp³-hybridized carbons (Fsp3) is 0.308. The van der Waals surface area contributed by atoms with Crippen molar-refractivity contribution in [2.24, 2.45) is 0 Å². The number of hydrogen-bond acceptors (Lipinski definition) is 4. The van der Waals surface area contributed by atoms with Gasteiger partial charge in [-0.25, -0.2) is 4.79 Å². The molecule has 96 valence electrons. The summed E-state index contributed by atoms with van der Waals surface area (Å²) in [6, 6.07) is 6.58. The second-order valence-electron chi connectivity index (χ2n) is 3.88. The largest absolute Gasteiger partial charge is 0.493 e.